The summed E-state index contributed by atoms with van der Waals surface area (Å²) in [5.74, 6) is -0.252. The van der Waals surface area contributed by atoms with E-state index in [0.717, 1.165) is 25.1 Å². The van der Waals surface area contributed by atoms with Crippen molar-refractivity contribution in [2.24, 2.45) is 0 Å². The monoisotopic (exact) mass is 326 g/mol. The van der Waals surface area contributed by atoms with Gasteiger partial charge in [0.15, 0.2) is 0 Å². The molecule has 0 aliphatic carbocycles. The van der Waals surface area contributed by atoms with Crippen molar-refractivity contribution < 1.29 is 9.59 Å². The molecular formula is C16H18N6O2. The van der Waals surface area contributed by atoms with Gasteiger partial charge < -0.3 is 10.2 Å². The van der Waals surface area contributed by atoms with E-state index in [1.54, 1.807) is 25.4 Å². The summed E-state index contributed by atoms with van der Waals surface area (Å²) in [5, 5.41) is 2.75. The molecule has 124 valence electrons. The molecular weight excluding hydrogens is 308 g/mol. The Morgan fingerprint density at radius 2 is 2.21 bits per heavy atom. The van der Waals surface area contributed by atoms with Gasteiger partial charge in [0.2, 0.25) is 5.91 Å². The molecule has 3 rings (SSSR count). The number of carbonyl (C=O) groups is 2. The van der Waals surface area contributed by atoms with E-state index in [4.69, 9.17) is 0 Å². The number of likely N-dealkylation sites (tertiary alicyclic amines) is 1. The number of nitrogens with one attached hydrogen (secondary N) is 1. The number of nitrogens with zero attached hydrogens (tertiary/aromatic N) is 5. The Morgan fingerprint density at radius 1 is 1.33 bits per heavy atom. The fraction of sp³-hybridized carbons (Fsp3) is 0.375. The van der Waals surface area contributed by atoms with Gasteiger partial charge >= 0.3 is 0 Å². The first-order valence-corrected chi connectivity index (χ1v) is 7.77. The van der Waals surface area contributed by atoms with Crippen molar-refractivity contribution in [1.82, 2.24) is 30.2 Å². The van der Waals surface area contributed by atoms with Crippen LogP contribution in [0.25, 0.3) is 0 Å². The number of hydrogen-bond donors (Lipinski definition) is 1. The molecule has 8 nitrogen and oxygen atoms in total. The molecule has 1 fully saturated rings. The van der Waals surface area contributed by atoms with Crippen LogP contribution in [-0.2, 0) is 11.3 Å². The summed E-state index contributed by atoms with van der Waals surface area (Å²) >= 11 is 0. The predicted octanol–water partition coefficient (Wildman–Crippen LogP) is 0.880. The molecule has 0 aromatic carbocycles. The molecule has 3 heterocycles. The Balaban J connectivity index is 1.67. The van der Waals surface area contributed by atoms with Gasteiger partial charge in [0.05, 0.1) is 36.4 Å². The zero-order valence-electron chi connectivity index (χ0n) is 13.3. The lowest BCUT2D eigenvalue weighted by Crippen LogP contribution is -2.29. The molecule has 1 saturated heterocycles. The lowest BCUT2D eigenvalue weighted by atomic mass is 10.1. The maximum atomic E-state index is 12.0. The Morgan fingerprint density at radius 3 is 2.96 bits per heavy atom. The molecule has 1 unspecified atom stereocenters. The van der Waals surface area contributed by atoms with Gasteiger partial charge in [-0.1, -0.05) is 0 Å². The number of carbonyl (C=O) groups excluding carboxylic acids is 2. The minimum atomic E-state index is -0.296. The molecule has 1 N–H and O–H groups in total. The van der Waals surface area contributed by atoms with Crippen LogP contribution >= 0.6 is 0 Å². The molecule has 0 radical (unpaired) electrons. The van der Waals surface area contributed by atoms with Gasteiger partial charge in [-0.15, -0.1) is 0 Å². The van der Waals surface area contributed by atoms with Gasteiger partial charge in [0.25, 0.3) is 5.91 Å². The van der Waals surface area contributed by atoms with E-state index in [0.29, 0.717) is 11.4 Å². The van der Waals surface area contributed by atoms with E-state index < -0.39 is 0 Å². The first-order chi connectivity index (χ1) is 11.6. The Labute approximate surface area is 139 Å². The number of amides is 2. The maximum absolute atomic E-state index is 12.0. The van der Waals surface area contributed by atoms with Crippen LogP contribution < -0.4 is 5.32 Å². The highest BCUT2D eigenvalue weighted by atomic mass is 16.2. The first-order valence-electron chi connectivity index (χ1n) is 7.77. The van der Waals surface area contributed by atoms with Crippen LogP contribution in [0, 0.1) is 0 Å². The topological polar surface area (TPSA) is 101 Å². The predicted molar refractivity (Wildman–Crippen MR) is 84.6 cm³/mol. The van der Waals surface area contributed by atoms with Gasteiger partial charge in [-0.25, -0.2) is 9.97 Å². The summed E-state index contributed by atoms with van der Waals surface area (Å²) in [5.41, 5.74) is 1.70. The third-order valence-corrected chi connectivity index (χ3v) is 3.95. The van der Waals surface area contributed by atoms with E-state index in [-0.39, 0.29) is 24.4 Å². The summed E-state index contributed by atoms with van der Waals surface area (Å²) in [6, 6.07) is 1.51. The minimum Gasteiger partial charge on any atom is -0.345 e. The molecule has 8 heteroatoms. The van der Waals surface area contributed by atoms with Gasteiger partial charge in [-0.3, -0.25) is 19.6 Å². The number of rotatable bonds is 4. The molecule has 2 aromatic rings. The van der Waals surface area contributed by atoms with Gasteiger partial charge in [-0.2, -0.15) is 0 Å². The normalized spacial score (nSPS) is 16.9. The van der Waals surface area contributed by atoms with Crippen molar-refractivity contribution in [2.75, 3.05) is 6.54 Å². The van der Waals surface area contributed by atoms with Crippen molar-refractivity contribution in [3.8, 4) is 0 Å². The molecule has 24 heavy (non-hydrogen) atoms. The zero-order valence-corrected chi connectivity index (χ0v) is 13.3. The summed E-state index contributed by atoms with van der Waals surface area (Å²) in [4.78, 5) is 41.9. The smallest absolute Gasteiger partial charge is 0.270 e. The Bertz CT molecular complexity index is 736. The van der Waals surface area contributed by atoms with Crippen LogP contribution in [0.5, 0.6) is 0 Å². The largest absolute Gasteiger partial charge is 0.345 e. The van der Waals surface area contributed by atoms with Gasteiger partial charge in [-0.05, 0) is 18.9 Å². The van der Waals surface area contributed by atoms with E-state index >= 15 is 0 Å². The summed E-state index contributed by atoms with van der Waals surface area (Å²) < 4.78 is 0. The highest BCUT2D eigenvalue weighted by Gasteiger charge is 2.29. The lowest BCUT2D eigenvalue weighted by molar-refractivity contribution is -0.129. The zero-order chi connectivity index (χ0) is 16.9. The second-order valence-corrected chi connectivity index (χ2v) is 5.58. The van der Waals surface area contributed by atoms with Crippen molar-refractivity contribution >= 4 is 11.8 Å². The highest BCUT2D eigenvalue weighted by Crippen LogP contribution is 2.30. The molecule has 0 spiro atoms. The van der Waals surface area contributed by atoms with E-state index in [1.165, 1.54) is 12.5 Å². The molecule has 0 bridgehead atoms. The Hall–Kier alpha value is -2.90. The molecule has 2 amide bonds. The summed E-state index contributed by atoms with van der Waals surface area (Å²) in [6.07, 6.45) is 7.97. The van der Waals surface area contributed by atoms with Crippen LogP contribution in [0.2, 0.25) is 0 Å². The molecule has 0 saturated carbocycles. The van der Waals surface area contributed by atoms with Gasteiger partial charge in [0.1, 0.15) is 12.0 Å². The quantitative estimate of drug-likeness (QED) is 0.895. The van der Waals surface area contributed by atoms with Crippen LogP contribution in [0.3, 0.4) is 0 Å². The van der Waals surface area contributed by atoms with E-state index in [1.807, 2.05) is 4.90 Å². The van der Waals surface area contributed by atoms with Crippen molar-refractivity contribution in [1.29, 1.82) is 0 Å². The summed E-state index contributed by atoms with van der Waals surface area (Å²) in [7, 11) is 0. The molecule has 1 aliphatic heterocycles. The van der Waals surface area contributed by atoms with Crippen molar-refractivity contribution in [3.05, 3.63) is 48.1 Å². The fourth-order valence-corrected chi connectivity index (χ4v) is 2.81. The third kappa shape index (κ3) is 3.53. The Kier molecular flexibility index (Phi) is 4.74. The van der Waals surface area contributed by atoms with Gasteiger partial charge in [0, 0.05) is 19.7 Å². The first kappa shape index (κ1) is 16.0. The average Bonchev–Trinajstić information content (AvgIpc) is 3.11. The van der Waals surface area contributed by atoms with E-state index in [9.17, 15) is 9.59 Å². The van der Waals surface area contributed by atoms with Crippen LogP contribution in [0.1, 0.15) is 47.7 Å². The molecule has 2 aromatic heterocycles. The SMILES string of the molecule is CC(=O)N1CCCC1c1cncc(CNC(=O)c2ccncn2)n1. The van der Waals surface area contributed by atoms with Crippen LogP contribution in [-0.4, -0.2) is 43.2 Å². The van der Waals surface area contributed by atoms with Crippen LogP contribution in [0.15, 0.2) is 31.0 Å². The standard InChI is InChI=1S/C16H18N6O2/c1-11(23)22-6-2-3-15(22)14-9-18-7-12(21-14)8-19-16(24)13-4-5-17-10-20-13/h4-5,7,9-10,15H,2-3,6,8H2,1H3,(H,19,24). The van der Waals surface area contributed by atoms with Crippen LogP contribution in [0.4, 0.5) is 0 Å². The average molecular weight is 326 g/mol. The van der Waals surface area contributed by atoms with Crippen molar-refractivity contribution in [3.63, 3.8) is 0 Å². The number of hydrogen-bond acceptors (Lipinski definition) is 6. The van der Waals surface area contributed by atoms with E-state index in [2.05, 4.69) is 25.3 Å². The maximum Gasteiger partial charge on any atom is 0.270 e. The summed E-state index contributed by atoms with van der Waals surface area (Å²) in [6.45, 7) is 2.56. The fourth-order valence-electron chi connectivity index (χ4n) is 2.81. The van der Waals surface area contributed by atoms with Crippen molar-refractivity contribution in [2.45, 2.75) is 32.4 Å². The second kappa shape index (κ2) is 7.12. The lowest BCUT2D eigenvalue weighted by Gasteiger charge is -2.22. The molecule has 1 aliphatic rings. The second-order valence-electron chi connectivity index (χ2n) is 5.58. The molecule has 1 atom stereocenters. The minimum absolute atomic E-state index is 0.0347. The highest BCUT2D eigenvalue weighted by molar-refractivity contribution is 5.91. The number of aromatic nitrogens is 4. The third-order valence-electron chi connectivity index (χ3n) is 3.95.